The van der Waals surface area contributed by atoms with E-state index in [0.29, 0.717) is 5.65 Å². The van der Waals surface area contributed by atoms with Gasteiger partial charge in [-0.15, -0.1) is 0 Å². The van der Waals surface area contributed by atoms with E-state index in [4.69, 9.17) is 0 Å². The molecule has 0 aliphatic carbocycles. The van der Waals surface area contributed by atoms with Gasteiger partial charge in [-0.3, -0.25) is 0 Å². The molecule has 0 radical (unpaired) electrons. The Kier molecular flexibility index (Phi) is 1.45. The van der Waals surface area contributed by atoms with Gasteiger partial charge >= 0.3 is 0 Å². The predicted octanol–water partition coefficient (Wildman–Crippen LogP) is 1.04. The summed E-state index contributed by atoms with van der Waals surface area (Å²) in [7, 11) is 0. The van der Waals surface area contributed by atoms with E-state index in [0.717, 1.165) is 3.70 Å². The number of nitrogens with zero attached hydrogens (tertiary/aromatic N) is 3. The fourth-order valence-corrected chi connectivity index (χ4v) is 1.35. The average Bonchev–Trinajstić information content (AvgIpc) is 2.35. The van der Waals surface area contributed by atoms with Gasteiger partial charge in [-0.1, -0.05) is 0 Å². The van der Waals surface area contributed by atoms with Crippen LogP contribution in [0.25, 0.3) is 5.65 Å². The van der Waals surface area contributed by atoms with E-state index >= 15 is 0 Å². The van der Waals surface area contributed by atoms with Crippen LogP contribution < -0.4 is 0 Å². The summed E-state index contributed by atoms with van der Waals surface area (Å²) in [5.41, 5.74) is 0.497. The monoisotopic (exact) mass is 261 g/mol. The summed E-state index contributed by atoms with van der Waals surface area (Å²) in [5.74, 6) is 0.155. The minimum atomic E-state index is 0.155. The number of aromatic nitrogens is 3. The van der Waals surface area contributed by atoms with Gasteiger partial charge in [0, 0.05) is 6.07 Å². The molecule has 0 saturated heterocycles. The molecule has 0 saturated carbocycles. The molecular formula is C6H4IN3O. The molecule has 5 heteroatoms. The van der Waals surface area contributed by atoms with Crippen molar-refractivity contribution < 1.29 is 5.11 Å². The highest BCUT2D eigenvalue weighted by molar-refractivity contribution is 14.1. The molecule has 2 heterocycles. The van der Waals surface area contributed by atoms with Gasteiger partial charge in [-0.2, -0.15) is 5.10 Å². The lowest BCUT2D eigenvalue weighted by Gasteiger charge is -1.93. The molecule has 4 nitrogen and oxygen atoms in total. The highest BCUT2D eigenvalue weighted by atomic mass is 127. The highest BCUT2D eigenvalue weighted by Crippen LogP contribution is 2.16. The summed E-state index contributed by atoms with van der Waals surface area (Å²) < 4.78 is 2.46. The molecule has 0 atom stereocenters. The Labute approximate surface area is 76.0 Å². The van der Waals surface area contributed by atoms with Gasteiger partial charge in [-0.25, -0.2) is 9.50 Å². The third-order valence-electron chi connectivity index (χ3n) is 1.34. The predicted molar refractivity (Wildman–Crippen MR) is 47.4 cm³/mol. The SMILES string of the molecule is Oc1ccnn2c(I)cnc12. The van der Waals surface area contributed by atoms with E-state index in [2.05, 4.69) is 32.7 Å². The van der Waals surface area contributed by atoms with Crippen LogP contribution in [0.1, 0.15) is 0 Å². The molecule has 11 heavy (non-hydrogen) atoms. The number of hydrogen-bond donors (Lipinski definition) is 1. The normalized spacial score (nSPS) is 10.6. The lowest BCUT2D eigenvalue weighted by molar-refractivity contribution is 0.475. The first-order valence-electron chi connectivity index (χ1n) is 2.96. The maximum atomic E-state index is 9.26. The average molecular weight is 261 g/mol. The molecule has 2 aromatic heterocycles. The summed E-state index contributed by atoms with van der Waals surface area (Å²) in [6, 6.07) is 1.51. The van der Waals surface area contributed by atoms with Crippen LogP contribution in [0.4, 0.5) is 0 Å². The Hall–Kier alpha value is -0.850. The van der Waals surface area contributed by atoms with Crippen molar-refractivity contribution in [3.8, 4) is 5.75 Å². The number of hydrogen-bond acceptors (Lipinski definition) is 3. The highest BCUT2D eigenvalue weighted by Gasteiger charge is 2.03. The lowest BCUT2D eigenvalue weighted by Crippen LogP contribution is -1.91. The molecular weight excluding hydrogens is 257 g/mol. The van der Waals surface area contributed by atoms with E-state index in [9.17, 15) is 5.11 Å². The third-order valence-corrected chi connectivity index (χ3v) is 2.08. The van der Waals surface area contributed by atoms with Crippen LogP contribution in [0.15, 0.2) is 18.5 Å². The van der Waals surface area contributed by atoms with Gasteiger partial charge in [-0.05, 0) is 22.6 Å². The molecule has 0 aromatic carbocycles. The van der Waals surface area contributed by atoms with Crippen LogP contribution in [0, 0.1) is 3.70 Å². The standard InChI is InChI=1S/C6H4IN3O/c7-5-3-8-6-4(11)1-2-9-10(5)6/h1-3,11H. The zero-order valence-corrected chi connectivity index (χ0v) is 7.56. The molecule has 0 fully saturated rings. The van der Waals surface area contributed by atoms with Crippen LogP contribution >= 0.6 is 22.6 Å². The van der Waals surface area contributed by atoms with Gasteiger partial charge in [0.15, 0.2) is 11.4 Å². The van der Waals surface area contributed by atoms with Gasteiger partial charge in [0.1, 0.15) is 3.70 Å². The number of aromatic hydroxyl groups is 1. The number of imidazole rings is 1. The molecule has 0 amide bonds. The summed E-state index contributed by atoms with van der Waals surface area (Å²) >= 11 is 2.10. The van der Waals surface area contributed by atoms with Crippen LogP contribution in [0.2, 0.25) is 0 Å². The number of rotatable bonds is 0. The van der Waals surface area contributed by atoms with E-state index in [1.165, 1.54) is 12.3 Å². The van der Waals surface area contributed by atoms with Crippen molar-refractivity contribution in [2.45, 2.75) is 0 Å². The minimum absolute atomic E-state index is 0.155. The van der Waals surface area contributed by atoms with E-state index < -0.39 is 0 Å². The minimum Gasteiger partial charge on any atom is -0.504 e. The maximum Gasteiger partial charge on any atom is 0.197 e. The largest absolute Gasteiger partial charge is 0.504 e. The van der Waals surface area contributed by atoms with Crippen molar-refractivity contribution in [3.05, 3.63) is 22.2 Å². The molecule has 1 N–H and O–H groups in total. The Morgan fingerprint density at radius 3 is 3.09 bits per heavy atom. The fraction of sp³-hybridized carbons (Fsp3) is 0. The van der Waals surface area contributed by atoms with Crippen LogP contribution in [-0.2, 0) is 0 Å². The molecule has 0 aliphatic heterocycles. The smallest absolute Gasteiger partial charge is 0.197 e. The van der Waals surface area contributed by atoms with E-state index in [1.807, 2.05) is 0 Å². The zero-order valence-electron chi connectivity index (χ0n) is 5.40. The molecule has 2 aromatic rings. The van der Waals surface area contributed by atoms with Crippen molar-refractivity contribution in [1.82, 2.24) is 14.6 Å². The summed E-state index contributed by atoms with van der Waals surface area (Å²) in [6.07, 6.45) is 3.19. The summed E-state index contributed by atoms with van der Waals surface area (Å²) in [5, 5.41) is 13.2. The van der Waals surface area contributed by atoms with Gasteiger partial charge in [0.25, 0.3) is 0 Å². The van der Waals surface area contributed by atoms with Gasteiger partial charge in [0.2, 0.25) is 0 Å². The second-order valence-electron chi connectivity index (χ2n) is 2.03. The van der Waals surface area contributed by atoms with Gasteiger partial charge < -0.3 is 5.11 Å². The van der Waals surface area contributed by atoms with Crippen molar-refractivity contribution in [2.75, 3.05) is 0 Å². The van der Waals surface area contributed by atoms with E-state index in [1.54, 1.807) is 10.7 Å². The second-order valence-corrected chi connectivity index (χ2v) is 3.14. The first-order valence-corrected chi connectivity index (χ1v) is 4.04. The Balaban J connectivity index is 2.94. The van der Waals surface area contributed by atoms with E-state index in [-0.39, 0.29) is 5.75 Å². The molecule has 0 bridgehead atoms. The van der Waals surface area contributed by atoms with Crippen LogP contribution in [-0.4, -0.2) is 19.7 Å². The molecule has 0 aliphatic rings. The van der Waals surface area contributed by atoms with Crippen LogP contribution in [0.3, 0.4) is 0 Å². The maximum absolute atomic E-state index is 9.26. The lowest BCUT2D eigenvalue weighted by atomic mass is 10.5. The molecule has 0 unspecified atom stereocenters. The van der Waals surface area contributed by atoms with Crippen molar-refractivity contribution in [1.29, 1.82) is 0 Å². The van der Waals surface area contributed by atoms with Crippen molar-refractivity contribution in [3.63, 3.8) is 0 Å². The molecule has 56 valence electrons. The Morgan fingerprint density at radius 2 is 2.36 bits per heavy atom. The quantitative estimate of drug-likeness (QED) is 0.721. The number of halogens is 1. The molecule has 2 rings (SSSR count). The second kappa shape index (κ2) is 2.33. The first-order chi connectivity index (χ1) is 5.29. The van der Waals surface area contributed by atoms with Crippen molar-refractivity contribution >= 4 is 28.2 Å². The summed E-state index contributed by atoms with van der Waals surface area (Å²) in [4.78, 5) is 3.96. The van der Waals surface area contributed by atoms with Crippen molar-refractivity contribution in [2.24, 2.45) is 0 Å². The van der Waals surface area contributed by atoms with Gasteiger partial charge in [0.05, 0.1) is 12.4 Å². The van der Waals surface area contributed by atoms with Crippen LogP contribution in [0.5, 0.6) is 5.75 Å². The zero-order chi connectivity index (χ0) is 7.84. The number of fused-ring (bicyclic) bond motifs is 1. The fourth-order valence-electron chi connectivity index (χ4n) is 0.855. The molecule has 0 spiro atoms. The third kappa shape index (κ3) is 0.953. The Morgan fingerprint density at radius 1 is 1.55 bits per heavy atom. The Bertz CT molecular complexity index is 398. The first kappa shape index (κ1) is 6.84. The summed E-state index contributed by atoms with van der Waals surface area (Å²) in [6.45, 7) is 0. The topological polar surface area (TPSA) is 50.4 Å².